The Bertz CT molecular complexity index is 395. The minimum absolute atomic E-state index is 0.266. The van der Waals surface area contributed by atoms with Crippen molar-refractivity contribution in [3.8, 4) is 5.75 Å². The summed E-state index contributed by atoms with van der Waals surface area (Å²) in [5.41, 5.74) is 0. The van der Waals surface area contributed by atoms with E-state index in [4.69, 9.17) is 16.3 Å². The van der Waals surface area contributed by atoms with E-state index in [1.165, 1.54) is 0 Å². The van der Waals surface area contributed by atoms with E-state index in [0.29, 0.717) is 23.8 Å². The van der Waals surface area contributed by atoms with E-state index < -0.39 is 0 Å². The highest BCUT2D eigenvalue weighted by molar-refractivity contribution is 6.32. The zero-order valence-corrected chi connectivity index (χ0v) is 10.4. The summed E-state index contributed by atoms with van der Waals surface area (Å²) in [5.74, 6) is 0.977. The van der Waals surface area contributed by atoms with Crippen molar-refractivity contribution >= 4 is 17.5 Å². The van der Waals surface area contributed by atoms with Gasteiger partial charge < -0.3 is 9.64 Å². The summed E-state index contributed by atoms with van der Waals surface area (Å²) >= 11 is 5.96. The van der Waals surface area contributed by atoms with Crippen molar-refractivity contribution in [2.45, 2.75) is 19.3 Å². The topological polar surface area (TPSA) is 29.5 Å². The Morgan fingerprint density at radius 3 is 2.88 bits per heavy atom. The minimum atomic E-state index is 0.266. The van der Waals surface area contributed by atoms with Crippen molar-refractivity contribution in [2.75, 3.05) is 19.7 Å². The van der Waals surface area contributed by atoms with Crippen molar-refractivity contribution in [1.82, 2.24) is 4.90 Å². The lowest BCUT2D eigenvalue weighted by Crippen LogP contribution is -2.26. The summed E-state index contributed by atoms with van der Waals surface area (Å²) in [6.45, 7) is 2.27. The Kier molecular flexibility index (Phi) is 4.26. The number of likely N-dealkylation sites (tertiary alicyclic amines) is 1. The molecule has 0 bridgehead atoms. The molecule has 0 radical (unpaired) electrons. The molecule has 1 fully saturated rings. The first-order valence-corrected chi connectivity index (χ1v) is 6.30. The second-order valence-corrected chi connectivity index (χ2v) is 4.52. The van der Waals surface area contributed by atoms with E-state index >= 15 is 0 Å². The van der Waals surface area contributed by atoms with Gasteiger partial charge in [0.05, 0.1) is 11.6 Å². The lowest BCUT2D eigenvalue weighted by atomic mass is 10.3. The first-order valence-electron chi connectivity index (χ1n) is 5.92. The lowest BCUT2D eigenvalue weighted by molar-refractivity contribution is -0.127. The second kappa shape index (κ2) is 5.92. The summed E-state index contributed by atoms with van der Waals surface area (Å²) in [4.78, 5) is 13.3. The molecule has 2 rings (SSSR count). The first-order chi connectivity index (χ1) is 8.27. The molecule has 0 spiro atoms. The minimum Gasteiger partial charge on any atom is -0.492 e. The van der Waals surface area contributed by atoms with Gasteiger partial charge in [0.15, 0.2) is 0 Å². The van der Waals surface area contributed by atoms with Crippen LogP contribution in [0.1, 0.15) is 19.3 Å². The molecule has 1 saturated heterocycles. The zero-order valence-electron chi connectivity index (χ0n) is 9.69. The third kappa shape index (κ3) is 3.37. The maximum Gasteiger partial charge on any atom is 0.222 e. The summed E-state index contributed by atoms with van der Waals surface area (Å²) in [5, 5.41) is 0.629. The number of hydrogen-bond acceptors (Lipinski definition) is 2. The highest BCUT2D eigenvalue weighted by Gasteiger charge is 2.18. The molecule has 4 heteroatoms. The molecule has 0 atom stereocenters. The number of halogens is 1. The van der Waals surface area contributed by atoms with Crippen LogP contribution in [-0.2, 0) is 4.79 Å². The average Bonchev–Trinajstić information content (AvgIpc) is 2.73. The number of nitrogens with zero attached hydrogens (tertiary/aromatic N) is 1. The number of para-hydroxylation sites is 1. The molecule has 1 aliphatic heterocycles. The second-order valence-electron chi connectivity index (χ2n) is 4.12. The van der Waals surface area contributed by atoms with Crippen LogP contribution in [0.25, 0.3) is 0 Å². The highest BCUT2D eigenvalue weighted by Crippen LogP contribution is 2.23. The van der Waals surface area contributed by atoms with Crippen LogP contribution < -0.4 is 4.74 Å². The number of benzene rings is 1. The maximum absolute atomic E-state index is 11.4. The summed E-state index contributed by atoms with van der Waals surface area (Å²) in [6.07, 6.45) is 2.53. The van der Waals surface area contributed by atoms with Gasteiger partial charge in [0.2, 0.25) is 5.91 Å². The number of carbonyl (C=O) groups is 1. The third-order valence-electron chi connectivity index (χ3n) is 2.84. The van der Waals surface area contributed by atoms with Crippen LogP contribution in [0.5, 0.6) is 5.75 Å². The largest absolute Gasteiger partial charge is 0.492 e. The molecular weight excluding hydrogens is 238 g/mol. The Labute approximate surface area is 106 Å². The number of hydrogen-bond donors (Lipinski definition) is 0. The van der Waals surface area contributed by atoms with Gasteiger partial charge in [-0.15, -0.1) is 0 Å². The van der Waals surface area contributed by atoms with Crippen molar-refractivity contribution < 1.29 is 9.53 Å². The van der Waals surface area contributed by atoms with E-state index in [-0.39, 0.29) is 5.91 Å². The molecule has 0 saturated carbocycles. The first kappa shape index (κ1) is 12.2. The normalized spacial score (nSPS) is 15.4. The zero-order chi connectivity index (χ0) is 12.1. The fraction of sp³-hybridized carbons (Fsp3) is 0.462. The van der Waals surface area contributed by atoms with Crippen molar-refractivity contribution in [1.29, 1.82) is 0 Å². The van der Waals surface area contributed by atoms with E-state index in [1.54, 1.807) is 6.07 Å². The molecule has 1 heterocycles. The van der Waals surface area contributed by atoms with E-state index in [1.807, 2.05) is 23.1 Å². The van der Waals surface area contributed by atoms with Crippen LogP contribution in [0, 0.1) is 0 Å². The molecule has 92 valence electrons. The predicted molar refractivity (Wildman–Crippen MR) is 67.4 cm³/mol. The van der Waals surface area contributed by atoms with Crippen LogP contribution in [-0.4, -0.2) is 30.5 Å². The molecule has 1 aromatic rings. The quantitative estimate of drug-likeness (QED) is 0.755. The monoisotopic (exact) mass is 253 g/mol. The molecule has 0 aromatic heterocycles. The van der Waals surface area contributed by atoms with Gasteiger partial charge in [-0.2, -0.15) is 0 Å². The standard InChI is InChI=1S/C13H16ClNO2/c14-11-5-1-2-6-12(11)17-10-4-9-15-8-3-7-13(15)16/h1-2,5-6H,3-4,7-10H2. The van der Waals surface area contributed by atoms with Gasteiger partial charge in [0.1, 0.15) is 5.75 Å². The SMILES string of the molecule is O=C1CCCN1CCCOc1ccccc1Cl. The number of ether oxygens (including phenoxy) is 1. The Morgan fingerprint density at radius 2 is 2.18 bits per heavy atom. The Hall–Kier alpha value is -1.22. The van der Waals surface area contributed by atoms with Crippen LogP contribution in [0.3, 0.4) is 0 Å². The van der Waals surface area contributed by atoms with Crippen LogP contribution in [0.4, 0.5) is 0 Å². The van der Waals surface area contributed by atoms with Gasteiger partial charge in [-0.05, 0) is 25.0 Å². The number of rotatable bonds is 5. The molecule has 0 unspecified atom stereocenters. The summed E-state index contributed by atoms with van der Waals surface area (Å²) < 4.78 is 5.56. The number of amides is 1. The van der Waals surface area contributed by atoms with Gasteiger partial charge in [-0.1, -0.05) is 23.7 Å². The average molecular weight is 254 g/mol. The van der Waals surface area contributed by atoms with Crippen molar-refractivity contribution in [3.05, 3.63) is 29.3 Å². The fourth-order valence-corrected chi connectivity index (χ4v) is 2.13. The predicted octanol–water partition coefficient (Wildman–Crippen LogP) is 2.73. The number of carbonyl (C=O) groups excluding carboxylic acids is 1. The van der Waals surface area contributed by atoms with E-state index in [9.17, 15) is 4.79 Å². The van der Waals surface area contributed by atoms with Crippen LogP contribution in [0.2, 0.25) is 5.02 Å². The van der Waals surface area contributed by atoms with Crippen molar-refractivity contribution in [3.63, 3.8) is 0 Å². The smallest absolute Gasteiger partial charge is 0.222 e. The van der Waals surface area contributed by atoms with Gasteiger partial charge in [-0.25, -0.2) is 0 Å². The third-order valence-corrected chi connectivity index (χ3v) is 3.15. The fourth-order valence-electron chi connectivity index (χ4n) is 1.94. The lowest BCUT2D eigenvalue weighted by Gasteiger charge is -2.15. The van der Waals surface area contributed by atoms with Crippen LogP contribution in [0.15, 0.2) is 24.3 Å². The molecule has 1 aliphatic rings. The summed E-state index contributed by atoms with van der Waals surface area (Å²) in [7, 11) is 0. The molecule has 3 nitrogen and oxygen atoms in total. The summed E-state index contributed by atoms with van der Waals surface area (Å²) in [6, 6.07) is 7.42. The molecule has 0 N–H and O–H groups in total. The maximum atomic E-state index is 11.4. The van der Waals surface area contributed by atoms with E-state index in [0.717, 1.165) is 25.9 Å². The molecule has 17 heavy (non-hydrogen) atoms. The molecule has 1 aromatic carbocycles. The molecule has 1 amide bonds. The van der Waals surface area contributed by atoms with Gasteiger partial charge >= 0.3 is 0 Å². The Morgan fingerprint density at radius 1 is 1.35 bits per heavy atom. The van der Waals surface area contributed by atoms with Crippen molar-refractivity contribution in [2.24, 2.45) is 0 Å². The highest BCUT2D eigenvalue weighted by atomic mass is 35.5. The van der Waals surface area contributed by atoms with Gasteiger partial charge in [0.25, 0.3) is 0 Å². The Balaban J connectivity index is 1.70. The van der Waals surface area contributed by atoms with Gasteiger partial charge in [-0.3, -0.25) is 4.79 Å². The molecule has 0 aliphatic carbocycles. The van der Waals surface area contributed by atoms with Crippen LogP contribution >= 0.6 is 11.6 Å². The van der Waals surface area contributed by atoms with E-state index in [2.05, 4.69) is 0 Å². The van der Waals surface area contributed by atoms with Gasteiger partial charge in [0, 0.05) is 19.5 Å². The molecular formula is C13H16ClNO2.